The van der Waals surface area contributed by atoms with E-state index in [0.29, 0.717) is 36.0 Å². The van der Waals surface area contributed by atoms with E-state index in [1.807, 2.05) is 37.3 Å². The molecule has 1 N–H and O–H groups in total. The Labute approximate surface area is 193 Å². The van der Waals surface area contributed by atoms with E-state index >= 15 is 0 Å². The quantitative estimate of drug-likeness (QED) is 0.477. The first-order chi connectivity index (χ1) is 15.4. The third-order valence-corrected chi connectivity index (χ3v) is 6.73. The van der Waals surface area contributed by atoms with Crippen molar-refractivity contribution in [2.24, 2.45) is 0 Å². The van der Waals surface area contributed by atoms with Crippen LogP contribution < -0.4 is 14.4 Å². The molecule has 0 aliphatic heterocycles. The van der Waals surface area contributed by atoms with Crippen LogP contribution in [-0.2, 0) is 21.2 Å². The normalized spacial score (nSPS) is 11.1. The van der Waals surface area contributed by atoms with E-state index in [2.05, 4.69) is 5.32 Å². The van der Waals surface area contributed by atoms with Gasteiger partial charge in [0.2, 0.25) is 5.91 Å². The van der Waals surface area contributed by atoms with Crippen molar-refractivity contribution in [3.05, 3.63) is 89.4 Å². The van der Waals surface area contributed by atoms with Crippen molar-refractivity contribution in [1.82, 2.24) is 5.32 Å². The molecule has 0 aliphatic carbocycles. The van der Waals surface area contributed by atoms with Crippen LogP contribution in [0.1, 0.15) is 12.5 Å². The van der Waals surface area contributed by atoms with Crippen LogP contribution in [0.15, 0.2) is 83.8 Å². The molecular formula is C24H25ClN2O4S. The summed E-state index contributed by atoms with van der Waals surface area (Å²) in [4.78, 5) is 12.8. The predicted molar refractivity (Wildman–Crippen MR) is 127 cm³/mol. The minimum atomic E-state index is -4.05. The summed E-state index contributed by atoms with van der Waals surface area (Å²) in [7, 11) is -4.05. The van der Waals surface area contributed by atoms with E-state index in [4.69, 9.17) is 16.3 Å². The van der Waals surface area contributed by atoms with Crippen molar-refractivity contribution in [2.45, 2.75) is 18.2 Å². The topological polar surface area (TPSA) is 75.7 Å². The van der Waals surface area contributed by atoms with Crippen molar-refractivity contribution in [3.63, 3.8) is 0 Å². The van der Waals surface area contributed by atoms with E-state index in [1.54, 1.807) is 24.3 Å². The van der Waals surface area contributed by atoms with Crippen LogP contribution >= 0.6 is 11.6 Å². The highest BCUT2D eigenvalue weighted by molar-refractivity contribution is 7.92. The third-order valence-electron chi connectivity index (χ3n) is 4.70. The van der Waals surface area contributed by atoms with Crippen LogP contribution in [0.3, 0.4) is 0 Å². The molecule has 3 aromatic rings. The van der Waals surface area contributed by atoms with E-state index < -0.39 is 15.9 Å². The summed E-state index contributed by atoms with van der Waals surface area (Å²) in [5.41, 5.74) is 1.38. The van der Waals surface area contributed by atoms with Gasteiger partial charge in [-0.05, 0) is 55.3 Å². The van der Waals surface area contributed by atoms with E-state index in [-0.39, 0.29) is 11.4 Å². The van der Waals surface area contributed by atoms with E-state index in [0.717, 1.165) is 9.87 Å². The number of hydrogen-bond acceptors (Lipinski definition) is 4. The van der Waals surface area contributed by atoms with Crippen LogP contribution in [0.25, 0.3) is 0 Å². The Morgan fingerprint density at radius 3 is 2.31 bits per heavy atom. The molecular weight excluding hydrogens is 448 g/mol. The number of carbonyl (C=O) groups excluding carboxylic acids is 1. The Morgan fingerprint density at radius 1 is 0.969 bits per heavy atom. The van der Waals surface area contributed by atoms with Gasteiger partial charge < -0.3 is 10.1 Å². The van der Waals surface area contributed by atoms with Gasteiger partial charge in [-0.1, -0.05) is 54.1 Å². The number of para-hydroxylation sites is 2. The Morgan fingerprint density at radius 2 is 1.62 bits per heavy atom. The first-order valence-electron chi connectivity index (χ1n) is 10.2. The molecule has 8 heteroatoms. The highest BCUT2D eigenvalue weighted by Gasteiger charge is 2.29. The summed E-state index contributed by atoms with van der Waals surface area (Å²) in [5.74, 6) is -0.0330. The average Bonchev–Trinajstić information content (AvgIpc) is 2.79. The molecule has 0 heterocycles. The van der Waals surface area contributed by atoms with Crippen molar-refractivity contribution in [3.8, 4) is 5.75 Å². The minimum Gasteiger partial charge on any atom is -0.492 e. The fourth-order valence-electron chi connectivity index (χ4n) is 3.15. The van der Waals surface area contributed by atoms with Crippen LogP contribution in [0, 0.1) is 0 Å². The number of carbonyl (C=O) groups is 1. The summed E-state index contributed by atoms with van der Waals surface area (Å²) in [6, 6.07) is 22.3. The molecule has 3 rings (SSSR count). The van der Waals surface area contributed by atoms with Gasteiger partial charge in [0, 0.05) is 11.6 Å². The lowest BCUT2D eigenvalue weighted by Gasteiger charge is -2.26. The Kier molecular flexibility index (Phi) is 8.14. The van der Waals surface area contributed by atoms with Gasteiger partial charge in [-0.25, -0.2) is 8.42 Å². The molecule has 0 saturated carbocycles. The zero-order valence-corrected chi connectivity index (χ0v) is 19.3. The number of halogens is 1. The fraction of sp³-hybridized carbons (Fsp3) is 0.208. The highest BCUT2D eigenvalue weighted by atomic mass is 35.5. The van der Waals surface area contributed by atoms with Crippen molar-refractivity contribution in [2.75, 3.05) is 24.0 Å². The Hall–Kier alpha value is -3.03. The van der Waals surface area contributed by atoms with Gasteiger partial charge in [-0.15, -0.1) is 0 Å². The molecule has 0 unspecified atom stereocenters. The molecule has 0 radical (unpaired) electrons. The first-order valence-corrected chi connectivity index (χ1v) is 12.0. The molecule has 0 spiro atoms. The number of ether oxygens (including phenoxy) is 1. The summed E-state index contributed by atoms with van der Waals surface area (Å²) < 4.78 is 33.7. The molecule has 0 aliphatic rings. The van der Waals surface area contributed by atoms with Crippen molar-refractivity contribution in [1.29, 1.82) is 0 Å². The standard InChI is InChI=1S/C24H25ClN2O4S/c1-2-31-23-11-7-6-10-22(23)27(32(29,30)21-14-12-20(25)13-15-21)18-24(28)26-17-16-19-8-4-3-5-9-19/h3-15H,2,16-18H2,1H3,(H,26,28). The molecule has 3 aromatic carbocycles. The van der Waals surface area contributed by atoms with Gasteiger partial charge in [0.05, 0.1) is 17.2 Å². The molecule has 1 amide bonds. The number of sulfonamides is 1. The van der Waals surface area contributed by atoms with E-state index in [9.17, 15) is 13.2 Å². The second-order valence-corrected chi connectivity index (χ2v) is 9.25. The van der Waals surface area contributed by atoms with Gasteiger partial charge in [-0.2, -0.15) is 0 Å². The summed E-state index contributed by atoms with van der Waals surface area (Å²) in [6.07, 6.45) is 0.645. The number of anilines is 1. The maximum Gasteiger partial charge on any atom is 0.264 e. The van der Waals surface area contributed by atoms with Gasteiger partial charge in [0.1, 0.15) is 12.3 Å². The number of nitrogens with zero attached hydrogens (tertiary/aromatic N) is 1. The van der Waals surface area contributed by atoms with Crippen molar-refractivity contribution >= 4 is 33.2 Å². The highest BCUT2D eigenvalue weighted by Crippen LogP contribution is 2.32. The molecule has 6 nitrogen and oxygen atoms in total. The largest absolute Gasteiger partial charge is 0.492 e. The lowest BCUT2D eigenvalue weighted by Crippen LogP contribution is -2.41. The van der Waals surface area contributed by atoms with Gasteiger partial charge >= 0.3 is 0 Å². The van der Waals surface area contributed by atoms with Crippen LogP contribution in [0.5, 0.6) is 5.75 Å². The number of hydrogen-bond donors (Lipinski definition) is 1. The Balaban J connectivity index is 1.85. The Bertz CT molecular complexity index is 1140. The van der Waals surface area contributed by atoms with Crippen LogP contribution in [0.2, 0.25) is 5.02 Å². The van der Waals surface area contributed by atoms with Crippen LogP contribution in [-0.4, -0.2) is 34.0 Å². The maximum atomic E-state index is 13.5. The van der Waals surface area contributed by atoms with Crippen LogP contribution in [0.4, 0.5) is 5.69 Å². The maximum absolute atomic E-state index is 13.5. The third kappa shape index (κ3) is 6.02. The second kappa shape index (κ2) is 11.0. The van der Waals surface area contributed by atoms with Gasteiger partial charge in [0.25, 0.3) is 10.0 Å². The molecule has 0 atom stereocenters. The monoisotopic (exact) mass is 472 g/mol. The number of nitrogens with one attached hydrogen (secondary N) is 1. The molecule has 0 saturated heterocycles. The van der Waals surface area contributed by atoms with Gasteiger partial charge in [-0.3, -0.25) is 9.10 Å². The number of benzene rings is 3. The predicted octanol–water partition coefficient (Wildman–Crippen LogP) is 4.29. The lowest BCUT2D eigenvalue weighted by molar-refractivity contribution is -0.119. The summed E-state index contributed by atoms with van der Waals surface area (Å²) in [6.45, 7) is 2.18. The SMILES string of the molecule is CCOc1ccccc1N(CC(=O)NCCc1ccccc1)S(=O)(=O)c1ccc(Cl)cc1. The minimum absolute atomic E-state index is 0.0327. The summed E-state index contributed by atoms with van der Waals surface area (Å²) >= 11 is 5.92. The second-order valence-electron chi connectivity index (χ2n) is 6.95. The molecule has 168 valence electrons. The molecule has 32 heavy (non-hydrogen) atoms. The summed E-state index contributed by atoms with van der Waals surface area (Å²) in [5, 5.41) is 3.23. The average molecular weight is 473 g/mol. The molecule has 0 fully saturated rings. The molecule has 0 aromatic heterocycles. The zero-order chi connectivity index (χ0) is 23.0. The van der Waals surface area contributed by atoms with E-state index in [1.165, 1.54) is 24.3 Å². The molecule has 0 bridgehead atoms. The first kappa shape index (κ1) is 23.6. The zero-order valence-electron chi connectivity index (χ0n) is 17.7. The number of amides is 1. The lowest BCUT2D eigenvalue weighted by atomic mass is 10.1. The smallest absolute Gasteiger partial charge is 0.264 e. The van der Waals surface area contributed by atoms with Gasteiger partial charge in [0.15, 0.2) is 0 Å². The number of rotatable bonds is 10. The fourth-order valence-corrected chi connectivity index (χ4v) is 4.71. The van der Waals surface area contributed by atoms with Crippen molar-refractivity contribution < 1.29 is 17.9 Å².